The minimum atomic E-state index is 0.284. The van der Waals surface area contributed by atoms with Crippen LogP contribution in [0.3, 0.4) is 0 Å². The molecule has 0 heterocycles. The largest absolute Gasteiger partial charge is 0.508 e. The smallest absolute Gasteiger partial charge is 0.117 e. The molecular weight excluding hydrogens is 212 g/mol. The van der Waals surface area contributed by atoms with Gasteiger partial charge in [-0.05, 0) is 29.8 Å². The van der Waals surface area contributed by atoms with E-state index in [2.05, 4.69) is 4.90 Å². The molecule has 3 N–H and O–H groups in total. The van der Waals surface area contributed by atoms with Gasteiger partial charge in [-0.15, -0.1) is 0 Å². The molecule has 0 saturated heterocycles. The second-order valence-corrected chi connectivity index (χ2v) is 4.12. The highest BCUT2D eigenvalue weighted by molar-refractivity contribution is 5.50. The Kier molecular flexibility index (Phi) is 3.19. The average molecular weight is 228 g/mol. The molecule has 17 heavy (non-hydrogen) atoms. The number of rotatable bonds is 3. The fraction of sp³-hybridized carbons (Fsp3) is 0.143. The Morgan fingerprint density at radius 3 is 2.47 bits per heavy atom. The predicted octanol–water partition coefficient (Wildman–Crippen LogP) is 2.61. The molecular formula is C14H16N2O. The fourth-order valence-electron chi connectivity index (χ4n) is 1.72. The van der Waals surface area contributed by atoms with Gasteiger partial charge in [-0.3, -0.25) is 0 Å². The van der Waals surface area contributed by atoms with Crippen molar-refractivity contribution in [2.24, 2.45) is 0 Å². The summed E-state index contributed by atoms with van der Waals surface area (Å²) in [5.41, 5.74) is 8.59. The first-order valence-electron chi connectivity index (χ1n) is 5.50. The monoisotopic (exact) mass is 228 g/mol. The maximum Gasteiger partial charge on any atom is 0.117 e. The first kappa shape index (κ1) is 11.3. The summed E-state index contributed by atoms with van der Waals surface area (Å²) in [5, 5.41) is 9.42. The molecule has 2 rings (SSSR count). The lowest BCUT2D eigenvalue weighted by molar-refractivity contribution is 0.475. The van der Waals surface area contributed by atoms with E-state index >= 15 is 0 Å². The average Bonchev–Trinajstić information content (AvgIpc) is 2.32. The number of benzene rings is 2. The van der Waals surface area contributed by atoms with Crippen LogP contribution in [0.4, 0.5) is 11.4 Å². The summed E-state index contributed by atoms with van der Waals surface area (Å²) >= 11 is 0. The van der Waals surface area contributed by atoms with Gasteiger partial charge in [0, 0.05) is 31.0 Å². The summed E-state index contributed by atoms with van der Waals surface area (Å²) in [6, 6.07) is 15.0. The summed E-state index contributed by atoms with van der Waals surface area (Å²) in [4.78, 5) is 2.07. The molecule has 0 aliphatic heterocycles. The van der Waals surface area contributed by atoms with E-state index in [9.17, 15) is 5.11 Å². The third kappa shape index (κ3) is 2.91. The van der Waals surface area contributed by atoms with Crippen LogP contribution in [0, 0.1) is 0 Å². The predicted molar refractivity (Wildman–Crippen MR) is 71.1 cm³/mol. The molecule has 3 nitrogen and oxygen atoms in total. The molecule has 0 radical (unpaired) electrons. The number of hydrogen-bond acceptors (Lipinski definition) is 3. The number of phenolic OH excluding ortho intramolecular Hbond substituents is 1. The molecule has 3 heteroatoms. The highest BCUT2D eigenvalue weighted by Crippen LogP contribution is 2.20. The van der Waals surface area contributed by atoms with Crippen molar-refractivity contribution in [1.82, 2.24) is 0 Å². The van der Waals surface area contributed by atoms with E-state index in [1.807, 2.05) is 43.4 Å². The van der Waals surface area contributed by atoms with Crippen LogP contribution >= 0.6 is 0 Å². The highest BCUT2D eigenvalue weighted by Gasteiger charge is 2.02. The molecule has 0 aliphatic rings. The highest BCUT2D eigenvalue weighted by atomic mass is 16.3. The zero-order chi connectivity index (χ0) is 12.3. The Morgan fingerprint density at radius 2 is 1.82 bits per heavy atom. The molecule has 0 aliphatic carbocycles. The van der Waals surface area contributed by atoms with Crippen molar-refractivity contribution in [2.75, 3.05) is 17.7 Å². The van der Waals surface area contributed by atoms with Crippen LogP contribution in [-0.4, -0.2) is 12.2 Å². The Labute approximate surface area is 101 Å². The van der Waals surface area contributed by atoms with E-state index in [1.165, 1.54) is 5.56 Å². The lowest BCUT2D eigenvalue weighted by Crippen LogP contribution is -2.16. The van der Waals surface area contributed by atoms with Crippen LogP contribution in [0.15, 0.2) is 48.5 Å². The first-order chi connectivity index (χ1) is 8.15. The summed E-state index contributed by atoms with van der Waals surface area (Å²) in [6.07, 6.45) is 0. The van der Waals surface area contributed by atoms with E-state index in [0.29, 0.717) is 0 Å². The van der Waals surface area contributed by atoms with Crippen molar-refractivity contribution < 1.29 is 5.11 Å². The van der Waals surface area contributed by atoms with Crippen LogP contribution in [-0.2, 0) is 6.54 Å². The molecule has 0 aromatic heterocycles. The molecule has 88 valence electrons. The number of nitrogens with zero attached hydrogens (tertiary/aromatic N) is 1. The first-order valence-corrected chi connectivity index (χ1v) is 5.50. The van der Waals surface area contributed by atoms with Crippen LogP contribution < -0.4 is 10.6 Å². The second kappa shape index (κ2) is 4.78. The van der Waals surface area contributed by atoms with Gasteiger partial charge in [-0.25, -0.2) is 0 Å². The SMILES string of the molecule is CN(Cc1ccc(N)cc1)c1cccc(O)c1. The van der Waals surface area contributed by atoms with E-state index in [-0.39, 0.29) is 5.75 Å². The van der Waals surface area contributed by atoms with Crippen LogP contribution in [0.25, 0.3) is 0 Å². The Balaban J connectivity index is 2.11. The molecule has 0 unspecified atom stereocenters. The molecule has 0 atom stereocenters. The molecule has 0 bridgehead atoms. The summed E-state index contributed by atoms with van der Waals surface area (Å²) in [6.45, 7) is 0.781. The van der Waals surface area contributed by atoms with Gasteiger partial charge >= 0.3 is 0 Å². The quantitative estimate of drug-likeness (QED) is 0.794. The third-order valence-electron chi connectivity index (χ3n) is 2.67. The molecule has 2 aromatic carbocycles. The topological polar surface area (TPSA) is 49.5 Å². The normalized spacial score (nSPS) is 10.2. The molecule has 0 spiro atoms. The molecule has 0 saturated carbocycles. The molecule has 0 amide bonds. The van der Waals surface area contributed by atoms with E-state index < -0.39 is 0 Å². The zero-order valence-electron chi connectivity index (χ0n) is 9.80. The summed E-state index contributed by atoms with van der Waals surface area (Å²) in [5.74, 6) is 0.284. The fourth-order valence-corrected chi connectivity index (χ4v) is 1.72. The second-order valence-electron chi connectivity index (χ2n) is 4.12. The van der Waals surface area contributed by atoms with Gasteiger partial charge in [0.1, 0.15) is 5.75 Å². The maximum absolute atomic E-state index is 9.42. The lowest BCUT2D eigenvalue weighted by Gasteiger charge is -2.19. The number of nitrogens with two attached hydrogens (primary N) is 1. The van der Waals surface area contributed by atoms with Gasteiger partial charge in [0.15, 0.2) is 0 Å². The maximum atomic E-state index is 9.42. The molecule has 2 aromatic rings. The van der Waals surface area contributed by atoms with Crippen molar-refractivity contribution >= 4 is 11.4 Å². The van der Waals surface area contributed by atoms with E-state index in [0.717, 1.165) is 17.9 Å². The number of nitrogen functional groups attached to an aromatic ring is 1. The third-order valence-corrected chi connectivity index (χ3v) is 2.67. The number of anilines is 2. The van der Waals surface area contributed by atoms with E-state index in [1.54, 1.807) is 12.1 Å². The Morgan fingerprint density at radius 1 is 1.12 bits per heavy atom. The Bertz CT molecular complexity index is 494. The van der Waals surface area contributed by atoms with Crippen LogP contribution in [0.2, 0.25) is 0 Å². The van der Waals surface area contributed by atoms with Gasteiger partial charge in [-0.1, -0.05) is 18.2 Å². The number of hydrogen-bond donors (Lipinski definition) is 2. The minimum absolute atomic E-state index is 0.284. The lowest BCUT2D eigenvalue weighted by atomic mass is 10.2. The molecule has 0 fully saturated rings. The van der Waals surface area contributed by atoms with Gasteiger partial charge in [0.05, 0.1) is 0 Å². The van der Waals surface area contributed by atoms with Crippen molar-refractivity contribution in [3.8, 4) is 5.75 Å². The summed E-state index contributed by atoms with van der Waals surface area (Å²) < 4.78 is 0. The van der Waals surface area contributed by atoms with Gasteiger partial charge in [0.25, 0.3) is 0 Å². The Hall–Kier alpha value is -2.16. The zero-order valence-corrected chi connectivity index (χ0v) is 9.80. The van der Waals surface area contributed by atoms with Crippen molar-refractivity contribution in [1.29, 1.82) is 0 Å². The van der Waals surface area contributed by atoms with Crippen LogP contribution in [0.5, 0.6) is 5.75 Å². The van der Waals surface area contributed by atoms with Gasteiger partial charge in [-0.2, -0.15) is 0 Å². The van der Waals surface area contributed by atoms with Crippen molar-refractivity contribution in [3.63, 3.8) is 0 Å². The number of aromatic hydroxyl groups is 1. The summed E-state index contributed by atoms with van der Waals surface area (Å²) in [7, 11) is 1.99. The van der Waals surface area contributed by atoms with Crippen molar-refractivity contribution in [2.45, 2.75) is 6.54 Å². The standard InChI is InChI=1S/C14H16N2O/c1-16(13-3-2-4-14(17)9-13)10-11-5-7-12(15)8-6-11/h2-9,17H,10,15H2,1H3. The van der Waals surface area contributed by atoms with Crippen molar-refractivity contribution in [3.05, 3.63) is 54.1 Å². The number of phenols is 1. The minimum Gasteiger partial charge on any atom is -0.508 e. The van der Waals surface area contributed by atoms with Gasteiger partial charge in [0.2, 0.25) is 0 Å². The van der Waals surface area contributed by atoms with E-state index in [4.69, 9.17) is 5.73 Å². The van der Waals surface area contributed by atoms with Crippen LogP contribution in [0.1, 0.15) is 5.56 Å². The van der Waals surface area contributed by atoms with Gasteiger partial charge < -0.3 is 15.7 Å².